The molecule has 0 radical (unpaired) electrons. The van der Waals surface area contributed by atoms with Crippen molar-refractivity contribution in [2.75, 3.05) is 0 Å². The first-order chi connectivity index (χ1) is 5.61. The van der Waals surface area contributed by atoms with Crippen LogP contribution in [0.2, 0.25) is 5.02 Å². The lowest BCUT2D eigenvalue weighted by molar-refractivity contribution is 0.153. The van der Waals surface area contributed by atoms with Crippen LogP contribution >= 0.6 is 24.0 Å². The summed E-state index contributed by atoms with van der Waals surface area (Å²) in [5.74, 6) is 0. The van der Waals surface area contributed by atoms with E-state index >= 15 is 0 Å². The third-order valence-electron chi connectivity index (χ3n) is 1.71. The Morgan fingerprint density at radius 3 is 2.15 bits per heavy atom. The number of aliphatic hydroxyl groups is 1. The Morgan fingerprint density at radius 1 is 1.31 bits per heavy atom. The van der Waals surface area contributed by atoms with Crippen LogP contribution in [-0.2, 0) is 0 Å². The predicted molar refractivity (Wildman–Crippen MR) is 57.3 cm³/mol. The number of nitrogens with two attached hydrogens (primary N) is 1. The lowest BCUT2D eigenvalue weighted by atomic mass is 10.0. The Bertz CT molecular complexity index is 248. The molecule has 2 nitrogen and oxygen atoms in total. The van der Waals surface area contributed by atoms with Gasteiger partial charge in [0.15, 0.2) is 0 Å². The average Bonchev–Trinajstić information content (AvgIpc) is 2.04. The van der Waals surface area contributed by atoms with E-state index < -0.39 is 6.10 Å². The normalized spacial score (nSPS) is 14.5. The first kappa shape index (κ1) is 12.7. The van der Waals surface area contributed by atoms with Crippen molar-refractivity contribution in [2.24, 2.45) is 5.73 Å². The zero-order valence-corrected chi connectivity index (χ0v) is 8.85. The molecule has 0 aromatic heterocycles. The molecule has 0 unspecified atom stereocenters. The molecule has 0 saturated heterocycles. The van der Waals surface area contributed by atoms with Gasteiger partial charge in [-0.25, -0.2) is 0 Å². The van der Waals surface area contributed by atoms with Crippen LogP contribution in [0.4, 0.5) is 0 Å². The van der Waals surface area contributed by atoms with E-state index in [4.69, 9.17) is 17.3 Å². The zero-order chi connectivity index (χ0) is 9.14. The van der Waals surface area contributed by atoms with Gasteiger partial charge in [0, 0.05) is 11.1 Å². The number of hydrogen-bond donors (Lipinski definition) is 2. The number of rotatable bonds is 2. The molecule has 4 heteroatoms. The van der Waals surface area contributed by atoms with Gasteiger partial charge in [-0.3, -0.25) is 0 Å². The van der Waals surface area contributed by atoms with Crippen molar-refractivity contribution in [3.63, 3.8) is 0 Å². The summed E-state index contributed by atoms with van der Waals surface area (Å²) in [4.78, 5) is 0. The monoisotopic (exact) mass is 221 g/mol. The topological polar surface area (TPSA) is 46.2 Å². The highest BCUT2D eigenvalue weighted by Crippen LogP contribution is 2.17. The number of hydrogen-bond acceptors (Lipinski definition) is 2. The Kier molecular flexibility index (Phi) is 5.33. The summed E-state index contributed by atoms with van der Waals surface area (Å²) >= 11 is 5.68. The third kappa shape index (κ3) is 3.53. The van der Waals surface area contributed by atoms with Crippen LogP contribution in [0.1, 0.15) is 18.6 Å². The molecular formula is C9H13Cl2NO. The Balaban J connectivity index is 0.00000144. The van der Waals surface area contributed by atoms with E-state index in [1.165, 1.54) is 0 Å². The summed E-state index contributed by atoms with van der Waals surface area (Å²) in [6.07, 6.45) is -0.609. The van der Waals surface area contributed by atoms with Crippen LogP contribution in [0.25, 0.3) is 0 Å². The summed E-state index contributed by atoms with van der Waals surface area (Å²) in [6, 6.07) is 6.77. The molecule has 0 spiro atoms. The highest BCUT2D eigenvalue weighted by Gasteiger charge is 2.11. The fourth-order valence-corrected chi connectivity index (χ4v) is 1.09. The van der Waals surface area contributed by atoms with E-state index in [2.05, 4.69) is 0 Å². The molecule has 3 N–H and O–H groups in total. The predicted octanol–water partition coefficient (Wildman–Crippen LogP) is 2.14. The fourth-order valence-electron chi connectivity index (χ4n) is 0.964. The molecule has 0 aliphatic rings. The van der Waals surface area contributed by atoms with Crippen molar-refractivity contribution in [1.29, 1.82) is 0 Å². The van der Waals surface area contributed by atoms with Gasteiger partial charge in [0.2, 0.25) is 0 Å². The van der Waals surface area contributed by atoms with Gasteiger partial charge in [-0.2, -0.15) is 0 Å². The van der Waals surface area contributed by atoms with E-state index in [0.717, 1.165) is 5.56 Å². The molecule has 0 amide bonds. The summed E-state index contributed by atoms with van der Waals surface area (Å²) in [5, 5.41) is 10.2. The smallest absolute Gasteiger partial charge is 0.0938 e. The minimum Gasteiger partial charge on any atom is -0.387 e. The Labute approximate surface area is 89.1 Å². The first-order valence-corrected chi connectivity index (χ1v) is 4.18. The van der Waals surface area contributed by atoms with Crippen LogP contribution < -0.4 is 5.73 Å². The van der Waals surface area contributed by atoms with Gasteiger partial charge in [-0.15, -0.1) is 12.4 Å². The molecule has 1 aromatic carbocycles. The molecular weight excluding hydrogens is 209 g/mol. The number of halogens is 2. The lowest BCUT2D eigenvalue weighted by Crippen LogP contribution is -2.24. The van der Waals surface area contributed by atoms with Crippen molar-refractivity contribution in [3.8, 4) is 0 Å². The molecule has 1 rings (SSSR count). The molecule has 74 valence electrons. The minimum absolute atomic E-state index is 0. The van der Waals surface area contributed by atoms with E-state index in [-0.39, 0.29) is 18.4 Å². The van der Waals surface area contributed by atoms with Gasteiger partial charge in [0.1, 0.15) is 0 Å². The maximum atomic E-state index is 9.52. The molecule has 13 heavy (non-hydrogen) atoms. The van der Waals surface area contributed by atoms with Gasteiger partial charge in [0.25, 0.3) is 0 Å². The average molecular weight is 222 g/mol. The van der Waals surface area contributed by atoms with E-state index in [0.29, 0.717) is 5.02 Å². The van der Waals surface area contributed by atoms with E-state index in [9.17, 15) is 5.11 Å². The van der Waals surface area contributed by atoms with Gasteiger partial charge >= 0.3 is 0 Å². The van der Waals surface area contributed by atoms with Crippen LogP contribution in [0.15, 0.2) is 24.3 Å². The van der Waals surface area contributed by atoms with Gasteiger partial charge < -0.3 is 10.8 Å². The second kappa shape index (κ2) is 5.45. The van der Waals surface area contributed by atoms with Gasteiger partial charge in [-0.1, -0.05) is 23.7 Å². The van der Waals surface area contributed by atoms with E-state index in [1.54, 1.807) is 31.2 Å². The SMILES string of the molecule is C[C@@H](N)[C@@H](O)c1ccc(Cl)cc1.Cl. The molecule has 0 bridgehead atoms. The van der Waals surface area contributed by atoms with Crippen molar-refractivity contribution in [3.05, 3.63) is 34.9 Å². The summed E-state index contributed by atoms with van der Waals surface area (Å²) in [6.45, 7) is 1.76. The molecule has 0 aliphatic carbocycles. The zero-order valence-electron chi connectivity index (χ0n) is 7.27. The fraction of sp³-hybridized carbons (Fsp3) is 0.333. The Hall–Kier alpha value is -0.280. The maximum Gasteiger partial charge on any atom is 0.0938 e. The van der Waals surface area contributed by atoms with Crippen LogP contribution in [0, 0.1) is 0 Å². The van der Waals surface area contributed by atoms with Crippen molar-refractivity contribution in [2.45, 2.75) is 19.1 Å². The number of benzene rings is 1. The summed E-state index contributed by atoms with van der Waals surface area (Å²) < 4.78 is 0. The molecule has 0 aliphatic heterocycles. The highest BCUT2D eigenvalue weighted by molar-refractivity contribution is 6.30. The third-order valence-corrected chi connectivity index (χ3v) is 1.96. The Morgan fingerprint density at radius 2 is 1.77 bits per heavy atom. The minimum atomic E-state index is -0.609. The highest BCUT2D eigenvalue weighted by atomic mass is 35.5. The first-order valence-electron chi connectivity index (χ1n) is 3.80. The lowest BCUT2D eigenvalue weighted by Gasteiger charge is -2.14. The molecule has 0 saturated carbocycles. The number of aliphatic hydroxyl groups excluding tert-OH is 1. The largest absolute Gasteiger partial charge is 0.387 e. The second-order valence-corrected chi connectivity index (χ2v) is 3.29. The van der Waals surface area contributed by atoms with Crippen LogP contribution in [0.5, 0.6) is 0 Å². The summed E-state index contributed by atoms with van der Waals surface area (Å²) in [7, 11) is 0. The van der Waals surface area contributed by atoms with Crippen molar-refractivity contribution in [1.82, 2.24) is 0 Å². The second-order valence-electron chi connectivity index (χ2n) is 2.86. The molecule has 0 fully saturated rings. The van der Waals surface area contributed by atoms with Crippen molar-refractivity contribution >= 4 is 24.0 Å². The van der Waals surface area contributed by atoms with Gasteiger partial charge in [0.05, 0.1) is 6.10 Å². The van der Waals surface area contributed by atoms with Gasteiger partial charge in [-0.05, 0) is 24.6 Å². The molecule has 0 heterocycles. The van der Waals surface area contributed by atoms with E-state index in [1.807, 2.05) is 0 Å². The molecule has 2 atom stereocenters. The maximum absolute atomic E-state index is 9.52. The van der Waals surface area contributed by atoms with Crippen molar-refractivity contribution < 1.29 is 5.11 Å². The quantitative estimate of drug-likeness (QED) is 0.805. The van der Waals surface area contributed by atoms with Crippen LogP contribution in [0.3, 0.4) is 0 Å². The molecule has 1 aromatic rings. The van der Waals surface area contributed by atoms with Crippen LogP contribution in [-0.4, -0.2) is 11.1 Å². The summed E-state index contributed by atoms with van der Waals surface area (Å²) in [5.41, 5.74) is 6.32. The standard InChI is InChI=1S/C9H12ClNO.ClH/c1-6(11)9(12)7-2-4-8(10)5-3-7;/h2-6,9,12H,11H2,1H3;1H/t6-,9-;/m1./s1.